The first-order valence-electron chi connectivity index (χ1n) is 6.11. The molecule has 96 valence electrons. The van der Waals surface area contributed by atoms with Gasteiger partial charge in [0.05, 0.1) is 17.8 Å². The number of hydrogen-bond donors (Lipinski definition) is 1. The van der Waals surface area contributed by atoms with Crippen LogP contribution in [-0.4, -0.2) is 39.5 Å². The normalized spacial score (nSPS) is 11.3. The summed E-state index contributed by atoms with van der Waals surface area (Å²) >= 11 is 0. The van der Waals surface area contributed by atoms with Crippen LogP contribution in [0.1, 0.15) is 5.69 Å². The van der Waals surface area contributed by atoms with Gasteiger partial charge in [0.15, 0.2) is 0 Å². The van der Waals surface area contributed by atoms with Gasteiger partial charge in [-0.15, -0.1) is 6.58 Å². The van der Waals surface area contributed by atoms with Gasteiger partial charge in [0.25, 0.3) is 0 Å². The third-order valence-electron chi connectivity index (χ3n) is 3.01. The zero-order chi connectivity index (χ0) is 13.0. The van der Waals surface area contributed by atoms with E-state index < -0.39 is 0 Å². The van der Waals surface area contributed by atoms with Gasteiger partial charge in [0, 0.05) is 32.1 Å². The van der Waals surface area contributed by atoms with E-state index in [2.05, 4.69) is 28.7 Å². The van der Waals surface area contributed by atoms with Gasteiger partial charge >= 0.3 is 0 Å². The first-order chi connectivity index (χ1) is 8.76. The maximum atomic E-state index is 9.06. The van der Waals surface area contributed by atoms with Gasteiger partial charge in [-0.3, -0.25) is 9.58 Å². The van der Waals surface area contributed by atoms with Crippen molar-refractivity contribution < 1.29 is 5.11 Å². The Labute approximate surface area is 107 Å². The molecule has 0 aliphatic rings. The first-order valence-corrected chi connectivity index (χ1v) is 6.11. The van der Waals surface area contributed by atoms with Crippen molar-refractivity contribution in [3.8, 4) is 0 Å². The number of aromatic nitrogens is 2. The summed E-state index contributed by atoms with van der Waals surface area (Å²) in [6.45, 7) is 6.02. The molecular weight excluding hydrogens is 226 g/mol. The second-order valence-electron chi connectivity index (χ2n) is 4.33. The molecule has 0 bridgehead atoms. The van der Waals surface area contributed by atoms with Crippen LogP contribution in [-0.2, 0) is 13.6 Å². The Morgan fingerprint density at radius 1 is 1.44 bits per heavy atom. The molecule has 18 heavy (non-hydrogen) atoms. The number of aliphatic hydroxyl groups is 1. The van der Waals surface area contributed by atoms with Gasteiger partial charge in [-0.2, -0.15) is 5.10 Å². The van der Waals surface area contributed by atoms with Crippen LogP contribution in [0.4, 0.5) is 0 Å². The molecule has 1 aromatic heterocycles. The van der Waals surface area contributed by atoms with Gasteiger partial charge in [-0.25, -0.2) is 0 Å². The molecule has 0 atom stereocenters. The molecule has 1 heterocycles. The lowest BCUT2D eigenvalue weighted by Crippen LogP contribution is -2.26. The fourth-order valence-electron chi connectivity index (χ4n) is 2.18. The Bertz CT molecular complexity index is 533. The highest BCUT2D eigenvalue weighted by atomic mass is 16.3. The van der Waals surface area contributed by atoms with E-state index in [1.165, 1.54) is 5.39 Å². The zero-order valence-corrected chi connectivity index (χ0v) is 10.7. The van der Waals surface area contributed by atoms with Crippen LogP contribution >= 0.6 is 0 Å². The maximum Gasteiger partial charge on any atom is 0.0843 e. The third kappa shape index (κ3) is 2.60. The van der Waals surface area contributed by atoms with E-state index in [-0.39, 0.29) is 6.61 Å². The van der Waals surface area contributed by atoms with Crippen molar-refractivity contribution in [1.29, 1.82) is 0 Å². The number of fused-ring (bicyclic) bond motifs is 1. The SMILES string of the molecule is C=CCN(CCO)Cc1nn(C)c2ccccc12. The number of benzene rings is 1. The summed E-state index contributed by atoms with van der Waals surface area (Å²) in [4.78, 5) is 2.13. The molecule has 2 rings (SSSR count). The van der Waals surface area contributed by atoms with Crippen LogP contribution in [0.3, 0.4) is 0 Å². The van der Waals surface area contributed by atoms with Crippen LogP contribution in [0.5, 0.6) is 0 Å². The van der Waals surface area contributed by atoms with E-state index in [0.717, 1.165) is 24.3 Å². The van der Waals surface area contributed by atoms with Crippen LogP contribution in [0.15, 0.2) is 36.9 Å². The lowest BCUT2D eigenvalue weighted by molar-refractivity contribution is 0.202. The molecule has 0 aliphatic carbocycles. The molecule has 1 N–H and O–H groups in total. The van der Waals surface area contributed by atoms with Crippen molar-refractivity contribution in [2.75, 3.05) is 19.7 Å². The number of aliphatic hydroxyl groups excluding tert-OH is 1. The molecule has 4 heteroatoms. The van der Waals surface area contributed by atoms with Crippen molar-refractivity contribution >= 4 is 10.9 Å². The Balaban J connectivity index is 2.27. The van der Waals surface area contributed by atoms with Crippen molar-refractivity contribution in [3.63, 3.8) is 0 Å². The highest BCUT2D eigenvalue weighted by Gasteiger charge is 2.11. The molecule has 2 aromatic rings. The maximum absolute atomic E-state index is 9.06. The summed E-state index contributed by atoms with van der Waals surface area (Å²) in [5, 5.41) is 14.8. The molecule has 1 aromatic carbocycles. The lowest BCUT2D eigenvalue weighted by Gasteiger charge is -2.18. The van der Waals surface area contributed by atoms with Gasteiger partial charge in [0.2, 0.25) is 0 Å². The average Bonchev–Trinajstić information content (AvgIpc) is 2.68. The van der Waals surface area contributed by atoms with Crippen LogP contribution in [0.25, 0.3) is 10.9 Å². The fraction of sp³-hybridized carbons (Fsp3) is 0.357. The van der Waals surface area contributed by atoms with E-state index in [0.29, 0.717) is 6.54 Å². The van der Waals surface area contributed by atoms with Gasteiger partial charge < -0.3 is 5.11 Å². The summed E-state index contributed by atoms with van der Waals surface area (Å²) in [6, 6.07) is 8.19. The minimum Gasteiger partial charge on any atom is -0.395 e. The highest BCUT2D eigenvalue weighted by molar-refractivity contribution is 5.81. The van der Waals surface area contributed by atoms with Crippen molar-refractivity contribution in [2.24, 2.45) is 7.05 Å². The van der Waals surface area contributed by atoms with Gasteiger partial charge in [-0.05, 0) is 6.07 Å². The lowest BCUT2D eigenvalue weighted by atomic mass is 10.2. The van der Waals surface area contributed by atoms with Crippen molar-refractivity contribution in [3.05, 3.63) is 42.6 Å². The molecule has 0 fully saturated rings. The summed E-state index contributed by atoms with van der Waals surface area (Å²) in [5.74, 6) is 0. The molecule has 0 amide bonds. The van der Waals surface area contributed by atoms with Crippen molar-refractivity contribution in [2.45, 2.75) is 6.54 Å². The number of para-hydroxylation sites is 1. The number of nitrogens with zero attached hydrogens (tertiary/aromatic N) is 3. The smallest absolute Gasteiger partial charge is 0.0843 e. The molecule has 0 saturated carbocycles. The molecule has 0 radical (unpaired) electrons. The standard InChI is InChI=1S/C14H19N3O/c1-3-8-17(9-10-18)11-13-12-6-4-5-7-14(12)16(2)15-13/h3-7,18H,1,8-11H2,2H3. The van der Waals surface area contributed by atoms with E-state index >= 15 is 0 Å². The summed E-state index contributed by atoms with van der Waals surface area (Å²) < 4.78 is 1.90. The van der Waals surface area contributed by atoms with E-state index in [9.17, 15) is 0 Å². The quantitative estimate of drug-likeness (QED) is 0.785. The third-order valence-corrected chi connectivity index (χ3v) is 3.01. The average molecular weight is 245 g/mol. The molecule has 4 nitrogen and oxygen atoms in total. The summed E-state index contributed by atoms with van der Waals surface area (Å²) in [7, 11) is 1.95. The molecular formula is C14H19N3O. The summed E-state index contributed by atoms with van der Waals surface area (Å²) in [5.41, 5.74) is 2.18. The van der Waals surface area contributed by atoms with Gasteiger partial charge in [0.1, 0.15) is 0 Å². The van der Waals surface area contributed by atoms with Crippen LogP contribution in [0.2, 0.25) is 0 Å². The van der Waals surface area contributed by atoms with Crippen molar-refractivity contribution in [1.82, 2.24) is 14.7 Å². The first kappa shape index (κ1) is 12.8. The molecule has 0 aliphatic heterocycles. The topological polar surface area (TPSA) is 41.3 Å². The molecule has 0 saturated heterocycles. The second-order valence-corrected chi connectivity index (χ2v) is 4.33. The van der Waals surface area contributed by atoms with Crippen LogP contribution in [0, 0.1) is 0 Å². The Hall–Kier alpha value is -1.65. The zero-order valence-electron chi connectivity index (χ0n) is 10.7. The van der Waals surface area contributed by atoms with Crippen LogP contribution < -0.4 is 0 Å². The minimum atomic E-state index is 0.151. The predicted octanol–water partition coefficient (Wildman–Crippen LogP) is 1.55. The van der Waals surface area contributed by atoms with Gasteiger partial charge in [-0.1, -0.05) is 24.3 Å². The monoisotopic (exact) mass is 245 g/mol. The number of rotatable bonds is 6. The predicted molar refractivity (Wildman–Crippen MR) is 73.3 cm³/mol. The fourth-order valence-corrected chi connectivity index (χ4v) is 2.18. The Morgan fingerprint density at radius 3 is 2.94 bits per heavy atom. The highest BCUT2D eigenvalue weighted by Crippen LogP contribution is 2.18. The van der Waals surface area contributed by atoms with E-state index in [4.69, 9.17) is 5.11 Å². The largest absolute Gasteiger partial charge is 0.395 e. The van der Waals surface area contributed by atoms with E-state index in [1.54, 1.807) is 0 Å². The summed E-state index contributed by atoms with van der Waals surface area (Å²) in [6.07, 6.45) is 1.85. The van der Waals surface area contributed by atoms with E-state index in [1.807, 2.05) is 29.9 Å². The molecule has 0 unspecified atom stereocenters. The molecule has 0 spiro atoms. The number of aryl methyl sites for hydroxylation is 1. The second kappa shape index (κ2) is 5.80. The minimum absolute atomic E-state index is 0.151. The Morgan fingerprint density at radius 2 is 2.22 bits per heavy atom. The Kier molecular flexibility index (Phi) is 4.12. The number of hydrogen-bond acceptors (Lipinski definition) is 3.